The van der Waals surface area contributed by atoms with Crippen molar-refractivity contribution >= 4 is 5.97 Å². The van der Waals surface area contributed by atoms with Crippen molar-refractivity contribution in [1.82, 2.24) is 5.16 Å². The van der Waals surface area contributed by atoms with Crippen LogP contribution in [0, 0.1) is 5.92 Å². The molecule has 0 saturated heterocycles. The lowest BCUT2D eigenvalue weighted by atomic mass is 9.92. The monoisotopic (exact) mass is 375 g/mol. The molecule has 2 fully saturated rings. The number of hydrogen-bond donors (Lipinski definition) is 1. The molecule has 0 aliphatic heterocycles. The SMILES string of the molecule is O=C(OCC1(c2onc(-c3ccc(O)cc3)c2-c2ccccc2)CC1)C1CC1. The van der Waals surface area contributed by atoms with Gasteiger partial charge in [0.25, 0.3) is 0 Å². The lowest BCUT2D eigenvalue weighted by Crippen LogP contribution is -2.19. The van der Waals surface area contributed by atoms with Crippen LogP contribution in [0.5, 0.6) is 5.75 Å². The molecule has 0 spiro atoms. The number of ether oxygens (including phenoxy) is 1. The van der Waals surface area contributed by atoms with E-state index in [9.17, 15) is 9.90 Å². The molecule has 2 saturated carbocycles. The minimum absolute atomic E-state index is 0.0895. The zero-order chi connectivity index (χ0) is 19.1. The van der Waals surface area contributed by atoms with Gasteiger partial charge < -0.3 is 14.4 Å². The van der Waals surface area contributed by atoms with Crippen molar-refractivity contribution < 1.29 is 19.2 Å². The Balaban J connectivity index is 1.54. The van der Waals surface area contributed by atoms with E-state index in [-0.39, 0.29) is 23.1 Å². The third-order valence-corrected chi connectivity index (χ3v) is 5.63. The number of aromatic nitrogens is 1. The molecule has 0 atom stereocenters. The number of phenols is 1. The van der Waals surface area contributed by atoms with Crippen LogP contribution >= 0.6 is 0 Å². The molecule has 1 heterocycles. The van der Waals surface area contributed by atoms with E-state index in [1.165, 1.54) is 0 Å². The maximum absolute atomic E-state index is 12.0. The highest BCUT2D eigenvalue weighted by atomic mass is 16.5. The minimum atomic E-state index is -0.294. The van der Waals surface area contributed by atoms with Crippen LogP contribution in [-0.2, 0) is 14.9 Å². The van der Waals surface area contributed by atoms with Crippen molar-refractivity contribution in [3.05, 3.63) is 60.4 Å². The van der Waals surface area contributed by atoms with Crippen LogP contribution in [0.15, 0.2) is 59.1 Å². The van der Waals surface area contributed by atoms with Crippen molar-refractivity contribution in [3.63, 3.8) is 0 Å². The largest absolute Gasteiger partial charge is 0.508 e. The zero-order valence-corrected chi connectivity index (χ0v) is 15.4. The molecule has 5 heteroatoms. The standard InChI is InChI=1S/C23H21NO4/c25-18-10-8-16(9-11-18)20-19(15-4-2-1-3-5-15)21(28-24-20)23(12-13-23)14-27-22(26)17-6-7-17/h1-5,8-11,17,25H,6-7,12-14H2. The highest BCUT2D eigenvalue weighted by molar-refractivity contribution is 5.83. The Labute approximate surface area is 162 Å². The second-order valence-corrected chi connectivity index (χ2v) is 7.81. The zero-order valence-electron chi connectivity index (χ0n) is 15.4. The van der Waals surface area contributed by atoms with Gasteiger partial charge in [-0.25, -0.2) is 0 Å². The number of nitrogens with zero attached hydrogens (tertiary/aromatic N) is 1. The molecular weight excluding hydrogens is 354 g/mol. The summed E-state index contributed by atoms with van der Waals surface area (Å²) in [5, 5.41) is 14.0. The van der Waals surface area contributed by atoms with Gasteiger partial charge >= 0.3 is 5.97 Å². The molecule has 2 aliphatic carbocycles. The van der Waals surface area contributed by atoms with Crippen LogP contribution in [0.3, 0.4) is 0 Å². The summed E-state index contributed by atoms with van der Waals surface area (Å²) >= 11 is 0. The van der Waals surface area contributed by atoms with Gasteiger partial charge in [-0.3, -0.25) is 4.79 Å². The highest BCUT2D eigenvalue weighted by Gasteiger charge is 2.51. The van der Waals surface area contributed by atoms with Gasteiger partial charge in [0.05, 0.1) is 16.9 Å². The normalized spacial score (nSPS) is 17.3. The van der Waals surface area contributed by atoms with Crippen LogP contribution < -0.4 is 0 Å². The average molecular weight is 375 g/mol. The van der Waals surface area contributed by atoms with Crippen LogP contribution in [0.1, 0.15) is 31.4 Å². The smallest absolute Gasteiger partial charge is 0.308 e. The molecule has 5 nitrogen and oxygen atoms in total. The maximum atomic E-state index is 12.0. The van der Waals surface area contributed by atoms with Gasteiger partial charge in [0.15, 0.2) is 5.76 Å². The molecular formula is C23H21NO4. The lowest BCUT2D eigenvalue weighted by Gasteiger charge is -2.15. The van der Waals surface area contributed by atoms with Gasteiger partial charge in [-0.05, 0) is 55.5 Å². The summed E-state index contributed by atoms with van der Waals surface area (Å²) in [5.41, 5.74) is 3.27. The van der Waals surface area contributed by atoms with E-state index in [4.69, 9.17) is 9.26 Å². The first-order valence-electron chi connectivity index (χ1n) is 9.68. The number of phenolic OH excluding ortho intramolecular Hbond substituents is 1. The number of rotatable bonds is 6. The van der Waals surface area contributed by atoms with Crippen molar-refractivity contribution in [2.24, 2.45) is 5.92 Å². The number of benzene rings is 2. The third kappa shape index (κ3) is 3.07. The molecule has 0 unspecified atom stereocenters. The summed E-state index contributed by atoms with van der Waals surface area (Å²) in [6.07, 6.45) is 3.70. The summed E-state index contributed by atoms with van der Waals surface area (Å²) < 4.78 is 11.5. The van der Waals surface area contributed by atoms with Crippen molar-refractivity contribution in [3.8, 4) is 28.1 Å². The Kier molecular flexibility index (Phi) is 3.97. The van der Waals surface area contributed by atoms with Crippen LogP contribution in [0.25, 0.3) is 22.4 Å². The molecule has 28 heavy (non-hydrogen) atoms. The summed E-state index contributed by atoms with van der Waals surface area (Å²) in [6.45, 7) is 0.340. The number of hydrogen-bond acceptors (Lipinski definition) is 5. The van der Waals surface area contributed by atoms with E-state index in [1.54, 1.807) is 12.1 Å². The van der Waals surface area contributed by atoms with Gasteiger partial charge in [-0.1, -0.05) is 35.5 Å². The molecule has 142 valence electrons. The van der Waals surface area contributed by atoms with Gasteiger partial charge in [0, 0.05) is 5.56 Å². The topological polar surface area (TPSA) is 72.6 Å². The summed E-state index contributed by atoms with van der Waals surface area (Å²) in [6, 6.07) is 17.0. The van der Waals surface area contributed by atoms with E-state index in [1.807, 2.05) is 42.5 Å². The Morgan fingerprint density at radius 2 is 1.79 bits per heavy atom. The molecule has 1 N–H and O–H groups in total. The van der Waals surface area contributed by atoms with Gasteiger partial charge in [0.1, 0.15) is 18.1 Å². The van der Waals surface area contributed by atoms with Gasteiger partial charge in [-0.2, -0.15) is 0 Å². The van der Waals surface area contributed by atoms with Crippen molar-refractivity contribution in [1.29, 1.82) is 0 Å². The molecule has 2 aliphatic rings. The molecule has 3 aromatic rings. The van der Waals surface area contributed by atoms with Gasteiger partial charge in [-0.15, -0.1) is 0 Å². The quantitative estimate of drug-likeness (QED) is 0.632. The number of aromatic hydroxyl groups is 1. The Morgan fingerprint density at radius 3 is 2.43 bits per heavy atom. The molecule has 0 amide bonds. The van der Waals surface area contributed by atoms with Crippen molar-refractivity contribution in [2.75, 3.05) is 6.61 Å². The molecule has 0 bridgehead atoms. The third-order valence-electron chi connectivity index (χ3n) is 5.63. The predicted octanol–water partition coefficient (Wildman–Crippen LogP) is 4.70. The summed E-state index contributed by atoms with van der Waals surface area (Å²) in [4.78, 5) is 12.0. The van der Waals surface area contributed by atoms with Gasteiger partial charge in [0.2, 0.25) is 0 Å². The molecule has 1 aromatic heterocycles. The van der Waals surface area contributed by atoms with E-state index in [0.717, 1.165) is 53.8 Å². The van der Waals surface area contributed by atoms with E-state index < -0.39 is 0 Å². The Hall–Kier alpha value is -3.08. The first-order chi connectivity index (χ1) is 13.7. The first-order valence-corrected chi connectivity index (χ1v) is 9.68. The fraction of sp³-hybridized carbons (Fsp3) is 0.304. The Bertz CT molecular complexity index is 999. The first kappa shape index (κ1) is 17.0. The second-order valence-electron chi connectivity index (χ2n) is 7.81. The maximum Gasteiger partial charge on any atom is 0.308 e. The van der Waals surface area contributed by atoms with E-state index >= 15 is 0 Å². The molecule has 2 aromatic carbocycles. The molecule has 5 rings (SSSR count). The highest BCUT2D eigenvalue weighted by Crippen LogP contribution is 2.53. The Morgan fingerprint density at radius 1 is 1.07 bits per heavy atom. The summed E-state index contributed by atoms with van der Waals surface area (Å²) in [5.74, 6) is 0.988. The average Bonchev–Trinajstić information content (AvgIpc) is 3.66. The van der Waals surface area contributed by atoms with E-state index in [2.05, 4.69) is 5.16 Å². The number of carbonyl (C=O) groups is 1. The van der Waals surface area contributed by atoms with E-state index in [0.29, 0.717) is 6.61 Å². The molecule has 0 radical (unpaired) electrons. The van der Waals surface area contributed by atoms with Crippen LogP contribution in [0.4, 0.5) is 0 Å². The predicted molar refractivity (Wildman–Crippen MR) is 104 cm³/mol. The number of carbonyl (C=O) groups excluding carboxylic acids is 1. The lowest BCUT2D eigenvalue weighted by molar-refractivity contribution is -0.146. The number of esters is 1. The second kappa shape index (κ2) is 6.51. The van der Waals surface area contributed by atoms with Crippen LogP contribution in [0.2, 0.25) is 0 Å². The van der Waals surface area contributed by atoms with Crippen LogP contribution in [-0.4, -0.2) is 22.8 Å². The summed E-state index contributed by atoms with van der Waals surface area (Å²) in [7, 11) is 0. The minimum Gasteiger partial charge on any atom is -0.508 e. The van der Waals surface area contributed by atoms with Crippen molar-refractivity contribution in [2.45, 2.75) is 31.1 Å². The fourth-order valence-corrected chi connectivity index (χ4v) is 3.58. The fourth-order valence-electron chi connectivity index (χ4n) is 3.58.